The number of aromatic nitrogens is 1. The van der Waals surface area contributed by atoms with Crippen molar-refractivity contribution >= 4 is 38.6 Å². The first-order chi connectivity index (χ1) is 12.9. The minimum Gasteiger partial charge on any atom is -0.440 e. The number of rotatable bonds is 3. The molecule has 4 rings (SSSR count). The fourth-order valence-electron chi connectivity index (χ4n) is 3.54. The molecule has 0 spiro atoms. The normalized spacial score (nSPS) is 17.4. The lowest BCUT2D eigenvalue weighted by atomic mass is 9.96. The topological polar surface area (TPSA) is 72.4 Å². The SMILES string of the molecule is NC(=O)c1c(F)cc(Br)cc1N1CCCC(c2nc3ccc(F)cc3o2)C1. The van der Waals surface area contributed by atoms with E-state index in [2.05, 4.69) is 20.9 Å². The number of oxazole rings is 1. The number of benzene rings is 2. The second-order valence-electron chi connectivity index (χ2n) is 6.60. The standard InChI is InChI=1S/C19H16BrF2N3O2/c20-11-6-13(22)17(18(23)26)15(7-11)25-5-1-2-10(9-25)19-24-14-4-3-12(21)8-16(14)27-19/h3-4,6-8,10H,1-2,5,9H2,(H2,23,26). The zero-order chi connectivity index (χ0) is 19.1. The van der Waals surface area contributed by atoms with Gasteiger partial charge >= 0.3 is 0 Å². The number of carbonyl (C=O) groups is 1. The molecule has 3 aromatic rings. The van der Waals surface area contributed by atoms with Gasteiger partial charge in [-0.15, -0.1) is 0 Å². The van der Waals surface area contributed by atoms with Crippen LogP contribution in [0.1, 0.15) is 35.0 Å². The number of nitrogens with two attached hydrogens (primary N) is 1. The van der Waals surface area contributed by atoms with Crippen molar-refractivity contribution in [1.29, 1.82) is 0 Å². The number of carbonyl (C=O) groups excluding carboxylic acids is 1. The summed E-state index contributed by atoms with van der Waals surface area (Å²) in [4.78, 5) is 18.1. The maximum Gasteiger partial charge on any atom is 0.253 e. The van der Waals surface area contributed by atoms with Gasteiger partial charge in [-0.05, 0) is 37.1 Å². The number of hydrogen-bond donors (Lipinski definition) is 1. The molecule has 0 aliphatic carbocycles. The van der Waals surface area contributed by atoms with Crippen LogP contribution in [0.4, 0.5) is 14.5 Å². The van der Waals surface area contributed by atoms with E-state index in [0.29, 0.717) is 40.2 Å². The van der Waals surface area contributed by atoms with Crippen LogP contribution in [0.5, 0.6) is 0 Å². The van der Waals surface area contributed by atoms with E-state index in [-0.39, 0.29) is 17.3 Å². The van der Waals surface area contributed by atoms with Gasteiger partial charge in [-0.3, -0.25) is 4.79 Å². The molecule has 1 amide bonds. The molecule has 1 fully saturated rings. The van der Waals surface area contributed by atoms with Crippen molar-refractivity contribution < 1.29 is 18.0 Å². The summed E-state index contributed by atoms with van der Waals surface area (Å²) in [6.07, 6.45) is 1.64. The van der Waals surface area contributed by atoms with Crippen molar-refractivity contribution in [2.45, 2.75) is 18.8 Å². The summed E-state index contributed by atoms with van der Waals surface area (Å²) in [5.74, 6) is -1.40. The molecule has 8 heteroatoms. The number of halogens is 3. The first-order valence-corrected chi connectivity index (χ1v) is 9.31. The van der Waals surface area contributed by atoms with E-state index in [9.17, 15) is 13.6 Å². The Balaban J connectivity index is 1.68. The molecule has 27 heavy (non-hydrogen) atoms. The fraction of sp³-hybridized carbons (Fsp3) is 0.263. The van der Waals surface area contributed by atoms with Crippen LogP contribution >= 0.6 is 15.9 Å². The van der Waals surface area contributed by atoms with Crippen molar-refractivity contribution in [2.24, 2.45) is 5.73 Å². The highest BCUT2D eigenvalue weighted by atomic mass is 79.9. The van der Waals surface area contributed by atoms with Gasteiger partial charge in [0.05, 0.1) is 17.2 Å². The van der Waals surface area contributed by atoms with Crippen molar-refractivity contribution in [3.8, 4) is 0 Å². The lowest BCUT2D eigenvalue weighted by molar-refractivity contribution is 0.0997. The molecule has 0 bridgehead atoms. The molecule has 1 aliphatic heterocycles. The molecule has 1 saturated heterocycles. The van der Waals surface area contributed by atoms with Crippen molar-refractivity contribution in [3.63, 3.8) is 0 Å². The van der Waals surface area contributed by atoms with Crippen LogP contribution in [0.2, 0.25) is 0 Å². The van der Waals surface area contributed by atoms with Crippen LogP contribution in [-0.4, -0.2) is 24.0 Å². The Bertz CT molecular complexity index is 1040. The van der Waals surface area contributed by atoms with Gasteiger partial charge in [-0.2, -0.15) is 0 Å². The van der Waals surface area contributed by atoms with Crippen molar-refractivity contribution in [1.82, 2.24) is 4.98 Å². The molecule has 2 aromatic carbocycles. The second-order valence-corrected chi connectivity index (χ2v) is 7.51. The van der Waals surface area contributed by atoms with Gasteiger partial charge in [0.2, 0.25) is 0 Å². The highest BCUT2D eigenvalue weighted by Gasteiger charge is 2.29. The maximum absolute atomic E-state index is 14.3. The van der Waals surface area contributed by atoms with Gasteiger partial charge in [-0.1, -0.05) is 15.9 Å². The highest BCUT2D eigenvalue weighted by molar-refractivity contribution is 9.10. The number of piperidine rings is 1. The Morgan fingerprint density at radius 2 is 2.11 bits per heavy atom. The zero-order valence-corrected chi connectivity index (χ0v) is 15.8. The third-order valence-electron chi connectivity index (χ3n) is 4.76. The Kier molecular flexibility index (Phi) is 4.59. The molecule has 2 heterocycles. The Hall–Kier alpha value is -2.48. The second kappa shape index (κ2) is 6.92. The minimum atomic E-state index is -0.811. The van der Waals surface area contributed by atoms with Crippen LogP contribution in [0.25, 0.3) is 11.1 Å². The maximum atomic E-state index is 14.3. The number of nitrogens with zero attached hydrogens (tertiary/aromatic N) is 2. The van der Waals surface area contributed by atoms with Gasteiger partial charge in [0, 0.05) is 23.6 Å². The lowest BCUT2D eigenvalue weighted by Crippen LogP contribution is -2.36. The molecule has 1 atom stereocenters. The molecule has 1 unspecified atom stereocenters. The van der Waals surface area contributed by atoms with Crippen molar-refractivity contribution in [3.05, 3.63) is 57.9 Å². The van der Waals surface area contributed by atoms with E-state index in [1.165, 1.54) is 18.2 Å². The van der Waals surface area contributed by atoms with Gasteiger partial charge in [-0.25, -0.2) is 13.8 Å². The summed E-state index contributed by atoms with van der Waals surface area (Å²) < 4.78 is 34.0. The van der Waals surface area contributed by atoms with E-state index in [1.54, 1.807) is 12.1 Å². The Morgan fingerprint density at radius 3 is 2.89 bits per heavy atom. The van der Waals surface area contributed by atoms with E-state index in [1.807, 2.05) is 4.90 Å². The van der Waals surface area contributed by atoms with Gasteiger partial charge < -0.3 is 15.1 Å². The first-order valence-electron chi connectivity index (χ1n) is 8.52. The number of hydrogen-bond acceptors (Lipinski definition) is 4. The Labute approximate surface area is 162 Å². The summed E-state index contributed by atoms with van der Waals surface area (Å²) in [6.45, 7) is 1.15. The molecule has 5 nitrogen and oxygen atoms in total. The van der Waals surface area contributed by atoms with E-state index < -0.39 is 11.7 Å². The zero-order valence-electron chi connectivity index (χ0n) is 14.2. The molecular weight excluding hydrogens is 420 g/mol. The average molecular weight is 436 g/mol. The fourth-order valence-corrected chi connectivity index (χ4v) is 3.96. The van der Waals surface area contributed by atoms with Crippen LogP contribution < -0.4 is 10.6 Å². The molecule has 2 N–H and O–H groups in total. The van der Waals surface area contributed by atoms with Crippen LogP contribution in [0.15, 0.2) is 39.2 Å². The average Bonchev–Trinajstić information content (AvgIpc) is 3.04. The van der Waals surface area contributed by atoms with Gasteiger partial charge in [0.15, 0.2) is 11.5 Å². The van der Waals surface area contributed by atoms with E-state index >= 15 is 0 Å². The number of amides is 1. The predicted molar refractivity (Wildman–Crippen MR) is 101 cm³/mol. The largest absolute Gasteiger partial charge is 0.440 e. The molecular formula is C19H16BrF2N3O2. The number of fused-ring (bicyclic) bond motifs is 1. The monoisotopic (exact) mass is 435 g/mol. The van der Waals surface area contributed by atoms with Crippen molar-refractivity contribution in [2.75, 3.05) is 18.0 Å². The van der Waals surface area contributed by atoms with Gasteiger partial charge in [0.1, 0.15) is 17.2 Å². The van der Waals surface area contributed by atoms with Crippen LogP contribution in [0, 0.1) is 11.6 Å². The summed E-state index contributed by atoms with van der Waals surface area (Å²) >= 11 is 3.27. The first kappa shape index (κ1) is 17.9. The lowest BCUT2D eigenvalue weighted by Gasteiger charge is -2.34. The third-order valence-corrected chi connectivity index (χ3v) is 5.22. The number of primary amides is 1. The summed E-state index contributed by atoms with van der Waals surface area (Å²) in [6, 6.07) is 7.13. The summed E-state index contributed by atoms with van der Waals surface area (Å²) in [5.41, 5.74) is 6.70. The minimum absolute atomic E-state index is 0.0584. The van der Waals surface area contributed by atoms with E-state index in [4.69, 9.17) is 10.2 Å². The quantitative estimate of drug-likeness (QED) is 0.663. The summed E-state index contributed by atoms with van der Waals surface area (Å²) in [7, 11) is 0. The molecule has 0 saturated carbocycles. The summed E-state index contributed by atoms with van der Waals surface area (Å²) in [5, 5.41) is 0. The highest BCUT2D eigenvalue weighted by Crippen LogP contribution is 2.35. The molecule has 0 radical (unpaired) electrons. The molecule has 1 aromatic heterocycles. The van der Waals surface area contributed by atoms with Gasteiger partial charge in [0.25, 0.3) is 5.91 Å². The predicted octanol–water partition coefficient (Wildman–Crippen LogP) is 4.35. The smallest absolute Gasteiger partial charge is 0.253 e. The number of anilines is 1. The van der Waals surface area contributed by atoms with Crippen LogP contribution in [0.3, 0.4) is 0 Å². The van der Waals surface area contributed by atoms with Crippen LogP contribution in [-0.2, 0) is 0 Å². The molecule has 1 aliphatic rings. The Morgan fingerprint density at radius 1 is 1.30 bits per heavy atom. The third kappa shape index (κ3) is 3.41. The van der Waals surface area contributed by atoms with E-state index in [0.717, 1.165) is 12.8 Å². The molecule has 140 valence electrons.